The minimum absolute atomic E-state index is 0.0441. The van der Waals surface area contributed by atoms with Crippen molar-refractivity contribution < 1.29 is 19.4 Å². The predicted octanol–water partition coefficient (Wildman–Crippen LogP) is 0.0196. The Balaban J connectivity index is 2.01. The number of carbonyl (C=O) groups is 1. The molecule has 4 unspecified atom stereocenters. The van der Waals surface area contributed by atoms with Crippen LogP contribution < -0.4 is 0 Å². The van der Waals surface area contributed by atoms with E-state index < -0.39 is 0 Å². The van der Waals surface area contributed by atoms with Gasteiger partial charge in [-0.25, -0.2) is 0 Å². The molecule has 0 bridgehead atoms. The topological polar surface area (TPSA) is 59.0 Å². The van der Waals surface area contributed by atoms with Crippen LogP contribution in [-0.2, 0) is 14.3 Å². The molecule has 4 atom stereocenters. The van der Waals surface area contributed by atoms with Crippen molar-refractivity contribution in [3.63, 3.8) is 0 Å². The normalized spacial score (nSPS) is 38.4. The SMILES string of the molecule is CC1CCOC1C(=O)N1CC(CO)OCC1C. The van der Waals surface area contributed by atoms with Crippen molar-refractivity contribution in [1.29, 1.82) is 0 Å². The Bertz CT molecular complexity index is 284. The molecule has 0 aromatic rings. The lowest BCUT2D eigenvalue weighted by Gasteiger charge is -2.39. The van der Waals surface area contributed by atoms with Gasteiger partial charge in [0, 0.05) is 13.2 Å². The molecular formula is C12H21NO4. The maximum Gasteiger partial charge on any atom is 0.252 e. The van der Waals surface area contributed by atoms with E-state index in [4.69, 9.17) is 14.6 Å². The fraction of sp³-hybridized carbons (Fsp3) is 0.917. The van der Waals surface area contributed by atoms with E-state index >= 15 is 0 Å². The van der Waals surface area contributed by atoms with Crippen LogP contribution in [0.25, 0.3) is 0 Å². The van der Waals surface area contributed by atoms with Crippen molar-refractivity contribution in [3.8, 4) is 0 Å². The van der Waals surface area contributed by atoms with Crippen LogP contribution >= 0.6 is 0 Å². The molecule has 0 aromatic carbocycles. The second kappa shape index (κ2) is 5.33. The first-order chi connectivity index (χ1) is 8.13. The molecule has 0 spiro atoms. The average molecular weight is 243 g/mol. The molecule has 2 heterocycles. The lowest BCUT2D eigenvalue weighted by atomic mass is 10.0. The van der Waals surface area contributed by atoms with E-state index in [9.17, 15) is 4.79 Å². The maximum atomic E-state index is 12.3. The quantitative estimate of drug-likeness (QED) is 0.743. The lowest BCUT2D eigenvalue weighted by molar-refractivity contribution is -0.156. The van der Waals surface area contributed by atoms with Gasteiger partial charge in [0.2, 0.25) is 0 Å². The molecule has 0 aliphatic carbocycles. The number of aliphatic hydroxyl groups excluding tert-OH is 1. The average Bonchev–Trinajstić information content (AvgIpc) is 2.75. The monoisotopic (exact) mass is 243 g/mol. The summed E-state index contributed by atoms with van der Waals surface area (Å²) in [4.78, 5) is 14.1. The standard InChI is InChI=1S/C12H21NO4/c1-8-3-4-16-11(8)12(15)13-5-10(6-14)17-7-9(13)2/h8-11,14H,3-7H2,1-2H3. The number of amides is 1. The van der Waals surface area contributed by atoms with E-state index in [-0.39, 0.29) is 36.7 Å². The molecule has 0 saturated carbocycles. The molecule has 0 aromatic heterocycles. The Kier molecular flexibility index (Phi) is 4.01. The van der Waals surface area contributed by atoms with Crippen LogP contribution in [0.1, 0.15) is 20.3 Å². The molecule has 1 amide bonds. The van der Waals surface area contributed by atoms with E-state index in [1.807, 2.05) is 13.8 Å². The minimum atomic E-state index is -0.310. The summed E-state index contributed by atoms with van der Waals surface area (Å²) in [5.41, 5.74) is 0. The highest BCUT2D eigenvalue weighted by Gasteiger charge is 2.38. The molecular weight excluding hydrogens is 222 g/mol. The Hall–Kier alpha value is -0.650. The fourth-order valence-corrected chi connectivity index (χ4v) is 2.41. The molecule has 2 aliphatic rings. The van der Waals surface area contributed by atoms with Gasteiger partial charge in [0.1, 0.15) is 6.10 Å². The second-order valence-corrected chi connectivity index (χ2v) is 5.03. The highest BCUT2D eigenvalue weighted by atomic mass is 16.5. The van der Waals surface area contributed by atoms with Gasteiger partial charge in [-0.3, -0.25) is 4.79 Å². The van der Waals surface area contributed by atoms with Crippen molar-refractivity contribution in [3.05, 3.63) is 0 Å². The summed E-state index contributed by atoms with van der Waals surface area (Å²) < 4.78 is 10.9. The summed E-state index contributed by atoms with van der Waals surface area (Å²) in [5, 5.41) is 9.10. The first kappa shape index (κ1) is 12.8. The Morgan fingerprint density at radius 3 is 2.76 bits per heavy atom. The van der Waals surface area contributed by atoms with E-state index in [0.717, 1.165) is 6.42 Å². The van der Waals surface area contributed by atoms with Crippen LogP contribution in [0.5, 0.6) is 0 Å². The van der Waals surface area contributed by atoms with Crippen LogP contribution in [-0.4, -0.2) is 60.5 Å². The number of aliphatic hydroxyl groups is 1. The summed E-state index contributed by atoms with van der Waals surface area (Å²) in [6.45, 7) is 5.58. The number of ether oxygens (including phenoxy) is 2. The zero-order valence-corrected chi connectivity index (χ0v) is 10.5. The zero-order valence-electron chi connectivity index (χ0n) is 10.5. The summed E-state index contributed by atoms with van der Waals surface area (Å²) in [5.74, 6) is 0.328. The number of hydrogen-bond acceptors (Lipinski definition) is 4. The van der Waals surface area contributed by atoms with Crippen LogP contribution in [0.15, 0.2) is 0 Å². The number of nitrogens with zero attached hydrogens (tertiary/aromatic N) is 1. The van der Waals surface area contributed by atoms with Crippen LogP contribution in [0.3, 0.4) is 0 Å². The molecule has 2 aliphatic heterocycles. The van der Waals surface area contributed by atoms with Gasteiger partial charge in [0.05, 0.1) is 25.4 Å². The van der Waals surface area contributed by atoms with E-state index in [1.165, 1.54) is 0 Å². The van der Waals surface area contributed by atoms with Gasteiger partial charge in [-0.15, -0.1) is 0 Å². The molecule has 98 valence electrons. The van der Waals surface area contributed by atoms with Gasteiger partial charge in [-0.1, -0.05) is 6.92 Å². The van der Waals surface area contributed by atoms with E-state index in [1.54, 1.807) is 4.90 Å². The van der Waals surface area contributed by atoms with Crippen LogP contribution in [0.4, 0.5) is 0 Å². The van der Waals surface area contributed by atoms with Crippen molar-refractivity contribution in [2.24, 2.45) is 5.92 Å². The molecule has 2 saturated heterocycles. The Morgan fingerprint density at radius 2 is 2.18 bits per heavy atom. The summed E-state index contributed by atoms with van der Waals surface area (Å²) in [7, 11) is 0. The van der Waals surface area contributed by atoms with Gasteiger partial charge in [0.15, 0.2) is 0 Å². The smallest absolute Gasteiger partial charge is 0.252 e. The Labute approximate surface area is 102 Å². The number of carbonyl (C=O) groups excluding carboxylic acids is 1. The van der Waals surface area contributed by atoms with Gasteiger partial charge in [-0.2, -0.15) is 0 Å². The Morgan fingerprint density at radius 1 is 1.41 bits per heavy atom. The third-order valence-electron chi connectivity index (χ3n) is 3.62. The molecule has 17 heavy (non-hydrogen) atoms. The number of rotatable bonds is 2. The summed E-state index contributed by atoms with van der Waals surface area (Å²) in [6, 6.07) is 0.0571. The van der Waals surface area contributed by atoms with Gasteiger partial charge in [-0.05, 0) is 19.3 Å². The largest absolute Gasteiger partial charge is 0.394 e. The van der Waals surface area contributed by atoms with Crippen LogP contribution in [0, 0.1) is 5.92 Å². The molecule has 0 radical (unpaired) electrons. The zero-order chi connectivity index (χ0) is 12.4. The lowest BCUT2D eigenvalue weighted by Crippen LogP contribution is -2.55. The molecule has 5 heteroatoms. The van der Waals surface area contributed by atoms with E-state index in [2.05, 4.69) is 0 Å². The third kappa shape index (κ3) is 2.61. The third-order valence-corrected chi connectivity index (χ3v) is 3.62. The van der Waals surface area contributed by atoms with Gasteiger partial charge in [0.25, 0.3) is 5.91 Å². The van der Waals surface area contributed by atoms with E-state index in [0.29, 0.717) is 19.8 Å². The van der Waals surface area contributed by atoms with Gasteiger partial charge >= 0.3 is 0 Å². The first-order valence-corrected chi connectivity index (χ1v) is 6.28. The summed E-state index contributed by atoms with van der Waals surface area (Å²) >= 11 is 0. The number of hydrogen-bond donors (Lipinski definition) is 1. The van der Waals surface area contributed by atoms with Crippen molar-refractivity contribution in [2.75, 3.05) is 26.4 Å². The fourth-order valence-electron chi connectivity index (χ4n) is 2.41. The minimum Gasteiger partial charge on any atom is -0.394 e. The maximum absolute atomic E-state index is 12.3. The van der Waals surface area contributed by atoms with Crippen molar-refractivity contribution >= 4 is 5.91 Å². The van der Waals surface area contributed by atoms with Crippen molar-refractivity contribution in [2.45, 2.75) is 38.5 Å². The number of morpholine rings is 1. The summed E-state index contributed by atoms with van der Waals surface area (Å²) in [6.07, 6.45) is 0.375. The molecule has 5 nitrogen and oxygen atoms in total. The molecule has 2 fully saturated rings. The van der Waals surface area contributed by atoms with Crippen molar-refractivity contribution in [1.82, 2.24) is 4.90 Å². The van der Waals surface area contributed by atoms with Gasteiger partial charge < -0.3 is 19.5 Å². The van der Waals surface area contributed by atoms with Crippen LogP contribution in [0.2, 0.25) is 0 Å². The highest BCUT2D eigenvalue weighted by molar-refractivity contribution is 5.82. The molecule has 1 N–H and O–H groups in total. The molecule has 2 rings (SSSR count). The first-order valence-electron chi connectivity index (χ1n) is 6.28. The predicted molar refractivity (Wildman–Crippen MR) is 61.5 cm³/mol. The highest BCUT2D eigenvalue weighted by Crippen LogP contribution is 2.24. The second-order valence-electron chi connectivity index (χ2n) is 5.03.